The van der Waals surface area contributed by atoms with Gasteiger partial charge < -0.3 is 4.98 Å². The molecule has 1 aliphatic rings. The molecule has 1 aliphatic heterocycles. The molecule has 1 saturated heterocycles. The molecule has 84 valence electrons. The molecular formula is C14H18N2. The summed E-state index contributed by atoms with van der Waals surface area (Å²) in [6, 6.07) is 11.4. The lowest BCUT2D eigenvalue weighted by atomic mass is 10.0. The van der Waals surface area contributed by atoms with Crippen molar-refractivity contribution < 1.29 is 0 Å². The van der Waals surface area contributed by atoms with Gasteiger partial charge in [0.2, 0.25) is 0 Å². The Morgan fingerprint density at radius 3 is 2.94 bits per heavy atom. The Morgan fingerprint density at radius 2 is 2.12 bits per heavy atom. The number of fused-ring (bicyclic) bond motifs is 1. The second-order valence-corrected chi connectivity index (χ2v) is 4.80. The van der Waals surface area contributed by atoms with Gasteiger partial charge >= 0.3 is 0 Å². The van der Waals surface area contributed by atoms with E-state index < -0.39 is 0 Å². The normalized spacial score (nSPS) is 22.7. The number of benzene rings is 1. The van der Waals surface area contributed by atoms with Gasteiger partial charge in [-0.2, -0.15) is 0 Å². The number of hydrogen-bond donors (Lipinski definition) is 1. The number of piperidine rings is 1. The van der Waals surface area contributed by atoms with Crippen molar-refractivity contribution >= 4 is 10.9 Å². The van der Waals surface area contributed by atoms with Crippen LogP contribution in [-0.2, 0) is 0 Å². The molecule has 1 N–H and O–H groups in total. The SMILES string of the molecule is CN1CCCC[C@H]1c1cc2ccccc2[nH]1. The summed E-state index contributed by atoms with van der Waals surface area (Å²) in [6.07, 6.45) is 3.97. The third-order valence-corrected chi connectivity index (χ3v) is 3.68. The molecular weight excluding hydrogens is 196 g/mol. The molecule has 1 aromatic heterocycles. The maximum atomic E-state index is 3.55. The second kappa shape index (κ2) is 3.95. The average molecular weight is 214 g/mol. The van der Waals surface area contributed by atoms with Gasteiger partial charge in [0.25, 0.3) is 0 Å². The van der Waals surface area contributed by atoms with Gasteiger partial charge in [-0.25, -0.2) is 0 Å². The molecule has 0 bridgehead atoms. The number of likely N-dealkylation sites (tertiary alicyclic amines) is 1. The maximum absolute atomic E-state index is 3.55. The lowest BCUT2D eigenvalue weighted by Crippen LogP contribution is -2.29. The number of H-pyrrole nitrogens is 1. The molecule has 2 aromatic rings. The number of rotatable bonds is 1. The molecule has 1 fully saturated rings. The zero-order valence-electron chi connectivity index (χ0n) is 9.74. The highest BCUT2D eigenvalue weighted by Gasteiger charge is 2.21. The first-order valence-electron chi connectivity index (χ1n) is 6.12. The van der Waals surface area contributed by atoms with E-state index in [2.05, 4.69) is 47.3 Å². The molecule has 0 unspecified atom stereocenters. The quantitative estimate of drug-likeness (QED) is 0.771. The van der Waals surface area contributed by atoms with Crippen LogP contribution in [0.3, 0.4) is 0 Å². The van der Waals surface area contributed by atoms with Crippen molar-refractivity contribution in [2.24, 2.45) is 0 Å². The summed E-state index contributed by atoms with van der Waals surface area (Å²) in [4.78, 5) is 6.02. The molecule has 2 heteroatoms. The Hall–Kier alpha value is -1.28. The Kier molecular flexibility index (Phi) is 2.44. The van der Waals surface area contributed by atoms with E-state index in [0.29, 0.717) is 6.04 Å². The fourth-order valence-corrected chi connectivity index (χ4v) is 2.74. The highest BCUT2D eigenvalue weighted by atomic mass is 15.1. The number of aromatic nitrogens is 1. The molecule has 3 rings (SSSR count). The third kappa shape index (κ3) is 1.63. The first-order valence-corrected chi connectivity index (χ1v) is 6.12. The van der Waals surface area contributed by atoms with Gasteiger partial charge in [0.05, 0.1) is 0 Å². The summed E-state index contributed by atoms with van der Waals surface area (Å²) < 4.78 is 0. The number of para-hydroxylation sites is 1. The van der Waals surface area contributed by atoms with Crippen molar-refractivity contribution in [2.45, 2.75) is 25.3 Å². The van der Waals surface area contributed by atoms with Gasteiger partial charge in [-0.3, -0.25) is 4.90 Å². The van der Waals surface area contributed by atoms with Crippen LogP contribution < -0.4 is 0 Å². The Labute approximate surface area is 96.3 Å². The summed E-state index contributed by atoms with van der Waals surface area (Å²) in [5.41, 5.74) is 2.64. The summed E-state index contributed by atoms with van der Waals surface area (Å²) in [6.45, 7) is 1.22. The lowest BCUT2D eigenvalue weighted by Gasteiger charge is -2.31. The maximum Gasteiger partial charge on any atom is 0.0495 e. The fraction of sp³-hybridized carbons (Fsp3) is 0.429. The van der Waals surface area contributed by atoms with Crippen molar-refractivity contribution in [1.29, 1.82) is 0 Å². The molecule has 0 saturated carbocycles. The van der Waals surface area contributed by atoms with Crippen LogP contribution in [-0.4, -0.2) is 23.5 Å². The summed E-state index contributed by atoms with van der Waals surface area (Å²) >= 11 is 0. The predicted octanol–water partition coefficient (Wildman–Crippen LogP) is 3.32. The van der Waals surface area contributed by atoms with Gasteiger partial charge in [0.15, 0.2) is 0 Å². The van der Waals surface area contributed by atoms with E-state index >= 15 is 0 Å². The number of hydrogen-bond acceptors (Lipinski definition) is 1. The predicted molar refractivity (Wildman–Crippen MR) is 67.5 cm³/mol. The standard InChI is InChI=1S/C14H18N2/c1-16-9-5-4-8-14(16)13-10-11-6-2-3-7-12(11)15-13/h2-3,6-7,10,14-15H,4-5,8-9H2,1H3/t14-/m0/s1. The highest BCUT2D eigenvalue weighted by Crippen LogP contribution is 2.30. The molecule has 0 amide bonds. The van der Waals surface area contributed by atoms with Crippen LogP contribution in [0.4, 0.5) is 0 Å². The molecule has 0 spiro atoms. The van der Waals surface area contributed by atoms with E-state index in [1.165, 1.54) is 42.4 Å². The fourth-order valence-electron chi connectivity index (χ4n) is 2.74. The van der Waals surface area contributed by atoms with E-state index in [0.717, 1.165) is 0 Å². The highest BCUT2D eigenvalue weighted by molar-refractivity contribution is 5.80. The van der Waals surface area contributed by atoms with Crippen LogP contribution in [0.15, 0.2) is 30.3 Å². The van der Waals surface area contributed by atoms with Crippen molar-refractivity contribution in [1.82, 2.24) is 9.88 Å². The molecule has 16 heavy (non-hydrogen) atoms. The zero-order chi connectivity index (χ0) is 11.0. The Bertz CT molecular complexity index is 453. The zero-order valence-corrected chi connectivity index (χ0v) is 9.74. The largest absolute Gasteiger partial charge is 0.357 e. The van der Waals surface area contributed by atoms with Gasteiger partial charge in [-0.1, -0.05) is 24.6 Å². The molecule has 1 aromatic carbocycles. The smallest absolute Gasteiger partial charge is 0.0495 e. The van der Waals surface area contributed by atoms with Crippen LogP contribution in [0.2, 0.25) is 0 Å². The number of aromatic amines is 1. The van der Waals surface area contributed by atoms with Gasteiger partial charge in [0, 0.05) is 17.3 Å². The first kappa shape index (κ1) is 9.91. The topological polar surface area (TPSA) is 19.0 Å². The Morgan fingerprint density at radius 1 is 1.25 bits per heavy atom. The van der Waals surface area contributed by atoms with Gasteiger partial charge in [-0.15, -0.1) is 0 Å². The number of nitrogens with zero attached hydrogens (tertiary/aromatic N) is 1. The average Bonchev–Trinajstić information content (AvgIpc) is 2.73. The van der Waals surface area contributed by atoms with E-state index in [1.54, 1.807) is 0 Å². The van der Waals surface area contributed by atoms with Crippen molar-refractivity contribution in [3.63, 3.8) is 0 Å². The lowest BCUT2D eigenvalue weighted by molar-refractivity contribution is 0.184. The van der Waals surface area contributed by atoms with E-state index in [1.807, 2.05) is 0 Å². The van der Waals surface area contributed by atoms with Crippen LogP contribution in [0.1, 0.15) is 31.0 Å². The minimum absolute atomic E-state index is 0.584. The summed E-state index contributed by atoms with van der Waals surface area (Å²) in [5, 5.41) is 1.33. The van der Waals surface area contributed by atoms with Gasteiger partial charge in [0.1, 0.15) is 0 Å². The summed E-state index contributed by atoms with van der Waals surface area (Å²) in [7, 11) is 2.23. The number of nitrogens with one attached hydrogen (secondary N) is 1. The van der Waals surface area contributed by atoms with E-state index in [4.69, 9.17) is 0 Å². The van der Waals surface area contributed by atoms with Crippen molar-refractivity contribution in [3.05, 3.63) is 36.0 Å². The van der Waals surface area contributed by atoms with Crippen LogP contribution >= 0.6 is 0 Å². The molecule has 1 atom stereocenters. The molecule has 0 aliphatic carbocycles. The first-order chi connectivity index (χ1) is 7.84. The molecule has 0 radical (unpaired) electrons. The van der Waals surface area contributed by atoms with E-state index in [-0.39, 0.29) is 0 Å². The van der Waals surface area contributed by atoms with Gasteiger partial charge in [-0.05, 0) is 44.0 Å². The summed E-state index contributed by atoms with van der Waals surface area (Å²) in [5.74, 6) is 0. The monoisotopic (exact) mass is 214 g/mol. The molecule has 2 heterocycles. The van der Waals surface area contributed by atoms with Crippen LogP contribution in [0.5, 0.6) is 0 Å². The van der Waals surface area contributed by atoms with Crippen LogP contribution in [0.25, 0.3) is 10.9 Å². The third-order valence-electron chi connectivity index (χ3n) is 3.68. The molecule has 2 nitrogen and oxygen atoms in total. The Balaban J connectivity index is 1.98. The second-order valence-electron chi connectivity index (χ2n) is 4.80. The van der Waals surface area contributed by atoms with Crippen molar-refractivity contribution in [2.75, 3.05) is 13.6 Å². The van der Waals surface area contributed by atoms with Crippen LogP contribution in [0, 0.1) is 0 Å². The minimum atomic E-state index is 0.584. The minimum Gasteiger partial charge on any atom is -0.357 e. The van der Waals surface area contributed by atoms with E-state index in [9.17, 15) is 0 Å². The van der Waals surface area contributed by atoms with Crippen molar-refractivity contribution in [3.8, 4) is 0 Å².